The first-order valence-corrected chi connectivity index (χ1v) is 7.10. The molecule has 1 amide bonds. The average molecular weight is 297 g/mol. The van der Waals surface area contributed by atoms with Crippen molar-refractivity contribution < 1.29 is 9.72 Å². The first kappa shape index (κ1) is 14.8. The average Bonchev–Trinajstić information content (AvgIpc) is 2.46. The number of carbonyl (C=O) groups excluding carboxylic acids is 1. The third kappa shape index (κ3) is 2.93. The molecule has 1 aliphatic carbocycles. The maximum atomic E-state index is 12.5. The minimum absolute atomic E-state index is 0.0786. The number of nitro groups is 1. The number of amides is 1. The van der Waals surface area contributed by atoms with Crippen LogP contribution in [-0.2, 0) is 0 Å². The van der Waals surface area contributed by atoms with Crippen LogP contribution in [-0.4, -0.2) is 28.8 Å². The number of hydrogen-bond acceptors (Lipinski definition) is 3. The lowest BCUT2D eigenvalue weighted by atomic mass is 9.94. The summed E-state index contributed by atoms with van der Waals surface area (Å²) in [5.74, 6) is -0.245. The predicted molar refractivity (Wildman–Crippen MR) is 77.1 cm³/mol. The lowest BCUT2D eigenvalue weighted by molar-refractivity contribution is -0.384. The van der Waals surface area contributed by atoms with Crippen LogP contribution in [0.1, 0.15) is 42.5 Å². The highest BCUT2D eigenvalue weighted by Gasteiger charge is 2.26. The summed E-state index contributed by atoms with van der Waals surface area (Å²) < 4.78 is 0. The number of halogens is 1. The summed E-state index contributed by atoms with van der Waals surface area (Å²) in [5.41, 5.74) is -0.0245. The molecule has 0 aromatic heterocycles. The van der Waals surface area contributed by atoms with Crippen molar-refractivity contribution in [3.63, 3.8) is 0 Å². The van der Waals surface area contributed by atoms with Gasteiger partial charge in [0.05, 0.1) is 10.5 Å². The van der Waals surface area contributed by atoms with Crippen molar-refractivity contribution in [2.45, 2.75) is 38.1 Å². The van der Waals surface area contributed by atoms with Gasteiger partial charge in [0.25, 0.3) is 11.6 Å². The fraction of sp³-hybridized carbons (Fsp3) is 0.500. The molecule has 2 rings (SSSR count). The quantitative estimate of drug-likeness (QED) is 0.631. The van der Waals surface area contributed by atoms with Crippen molar-refractivity contribution in [3.8, 4) is 0 Å². The van der Waals surface area contributed by atoms with E-state index >= 15 is 0 Å². The Bertz CT molecular complexity index is 527. The first-order valence-electron chi connectivity index (χ1n) is 6.72. The smallest absolute Gasteiger partial charge is 0.288 e. The molecule has 0 unspecified atom stereocenters. The van der Waals surface area contributed by atoms with E-state index in [0.717, 1.165) is 25.7 Å². The van der Waals surface area contributed by atoms with Gasteiger partial charge in [-0.25, -0.2) is 0 Å². The number of nitro benzene ring substituents is 1. The molecule has 6 heteroatoms. The van der Waals surface area contributed by atoms with Crippen LogP contribution < -0.4 is 0 Å². The summed E-state index contributed by atoms with van der Waals surface area (Å²) in [7, 11) is 1.74. The molecule has 0 atom stereocenters. The molecule has 20 heavy (non-hydrogen) atoms. The van der Waals surface area contributed by atoms with Gasteiger partial charge in [0.1, 0.15) is 5.02 Å². The zero-order chi connectivity index (χ0) is 14.7. The molecule has 1 aromatic carbocycles. The molecule has 1 fully saturated rings. The molecule has 0 N–H and O–H groups in total. The Hall–Kier alpha value is -1.62. The van der Waals surface area contributed by atoms with Crippen LogP contribution in [0.4, 0.5) is 5.69 Å². The molecule has 108 valence electrons. The highest BCUT2D eigenvalue weighted by atomic mass is 35.5. The Morgan fingerprint density at radius 2 is 2.00 bits per heavy atom. The molecule has 0 heterocycles. The van der Waals surface area contributed by atoms with Gasteiger partial charge in [-0.3, -0.25) is 14.9 Å². The van der Waals surface area contributed by atoms with Gasteiger partial charge in [-0.05, 0) is 18.9 Å². The van der Waals surface area contributed by atoms with Gasteiger partial charge >= 0.3 is 0 Å². The Balaban J connectivity index is 2.24. The minimum Gasteiger partial charge on any atom is -0.339 e. The van der Waals surface area contributed by atoms with Gasteiger partial charge < -0.3 is 4.90 Å². The van der Waals surface area contributed by atoms with E-state index in [-0.39, 0.29) is 28.2 Å². The van der Waals surface area contributed by atoms with Crippen molar-refractivity contribution in [1.82, 2.24) is 4.90 Å². The fourth-order valence-corrected chi connectivity index (χ4v) is 2.93. The van der Waals surface area contributed by atoms with E-state index in [9.17, 15) is 14.9 Å². The maximum absolute atomic E-state index is 12.5. The highest BCUT2D eigenvalue weighted by molar-refractivity contribution is 6.35. The van der Waals surface area contributed by atoms with E-state index < -0.39 is 4.92 Å². The summed E-state index contributed by atoms with van der Waals surface area (Å²) in [6, 6.07) is 4.54. The van der Waals surface area contributed by atoms with Crippen LogP contribution >= 0.6 is 11.6 Å². The van der Waals surface area contributed by atoms with E-state index in [0.29, 0.717) is 0 Å². The van der Waals surface area contributed by atoms with Gasteiger partial charge in [-0.1, -0.05) is 36.9 Å². The Morgan fingerprint density at radius 3 is 2.60 bits per heavy atom. The number of carbonyl (C=O) groups is 1. The molecule has 0 bridgehead atoms. The van der Waals surface area contributed by atoms with Crippen molar-refractivity contribution in [2.24, 2.45) is 0 Å². The molecule has 0 aliphatic heterocycles. The Labute approximate surface area is 122 Å². The van der Waals surface area contributed by atoms with Crippen LogP contribution in [0.3, 0.4) is 0 Å². The van der Waals surface area contributed by atoms with E-state index in [1.165, 1.54) is 24.6 Å². The zero-order valence-electron chi connectivity index (χ0n) is 11.3. The second-order valence-corrected chi connectivity index (χ2v) is 5.48. The summed E-state index contributed by atoms with van der Waals surface area (Å²) in [4.78, 5) is 24.4. The normalized spacial score (nSPS) is 15.9. The summed E-state index contributed by atoms with van der Waals surface area (Å²) in [6.07, 6.45) is 5.40. The van der Waals surface area contributed by atoms with Crippen LogP contribution in [0.15, 0.2) is 18.2 Å². The van der Waals surface area contributed by atoms with Crippen LogP contribution in [0.2, 0.25) is 5.02 Å². The van der Waals surface area contributed by atoms with Gasteiger partial charge in [-0.15, -0.1) is 0 Å². The molecule has 1 aliphatic rings. The monoisotopic (exact) mass is 296 g/mol. The maximum Gasteiger partial charge on any atom is 0.288 e. The van der Waals surface area contributed by atoms with Crippen LogP contribution in [0, 0.1) is 10.1 Å². The molecule has 0 spiro atoms. The highest BCUT2D eigenvalue weighted by Crippen LogP contribution is 2.30. The standard InChI is InChI=1S/C14H17ClN2O3/c1-16(10-6-3-2-4-7-10)14(18)11-8-5-9-12(13(11)15)17(19)20/h5,8-10H,2-4,6-7H2,1H3. The number of hydrogen-bond donors (Lipinski definition) is 0. The topological polar surface area (TPSA) is 63.5 Å². The van der Waals surface area contributed by atoms with Gasteiger partial charge in [0.15, 0.2) is 0 Å². The molecule has 0 saturated heterocycles. The number of benzene rings is 1. The third-order valence-electron chi connectivity index (χ3n) is 3.85. The summed E-state index contributed by atoms with van der Waals surface area (Å²) >= 11 is 5.99. The van der Waals surface area contributed by atoms with Gasteiger partial charge in [0.2, 0.25) is 0 Å². The fourth-order valence-electron chi connectivity index (χ4n) is 2.65. The minimum atomic E-state index is -0.570. The van der Waals surface area contributed by atoms with Gasteiger partial charge in [0, 0.05) is 19.2 Å². The van der Waals surface area contributed by atoms with E-state index in [4.69, 9.17) is 11.6 Å². The summed E-state index contributed by atoms with van der Waals surface area (Å²) in [6.45, 7) is 0. The molecule has 1 aromatic rings. The molecule has 1 saturated carbocycles. The largest absolute Gasteiger partial charge is 0.339 e. The first-order chi connectivity index (χ1) is 9.52. The molecular formula is C14H17ClN2O3. The van der Waals surface area contributed by atoms with Crippen molar-refractivity contribution in [2.75, 3.05) is 7.05 Å². The third-order valence-corrected chi connectivity index (χ3v) is 4.25. The second-order valence-electron chi connectivity index (χ2n) is 5.10. The molecular weight excluding hydrogens is 280 g/mol. The second kappa shape index (κ2) is 6.22. The summed E-state index contributed by atoms with van der Waals surface area (Å²) in [5, 5.41) is 10.8. The van der Waals surface area contributed by atoms with Crippen molar-refractivity contribution in [3.05, 3.63) is 38.9 Å². The lowest BCUT2D eigenvalue weighted by Gasteiger charge is -2.31. The predicted octanol–water partition coefficient (Wildman–Crippen LogP) is 3.65. The van der Waals surface area contributed by atoms with E-state index in [1.54, 1.807) is 11.9 Å². The number of nitrogens with zero attached hydrogens (tertiary/aromatic N) is 2. The Morgan fingerprint density at radius 1 is 1.35 bits per heavy atom. The Kier molecular flexibility index (Phi) is 4.60. The SMILES string of the molecule is CN(C(=O)c1cccc([N+](=O)[O-])c1Cl)C1CCCCC1. The van der Waals surface area contributed by atoms with Crippen molar-refractivity contribution in [1.29, 1.82) is 0 Å². The van der Waals surface area contributed by atoms with Crippen LogP contribution in [0.5, 0.6) is 0 Å². The zero-order valence-corrected chi connectivity index (χ0v) is 12.1. The van der Waals surface area contributed by atoms with E-state index in [1.807, 2.05) is 0 Å². The lowest BCUT2D eigenvalue weighted by Crippen LogP contribution is -2.38. The van der Waals surface area contributed by atoms with E-state index in [2.05, 4.69) is 0 Å². The molecule has 5 nitrogen and oxygen atoms in total. The molecule has 0 radical (unpaired) electrons. The van der Waals surface area contributed by atoms with Gasteiger partial charge in [-0.2, -0.15) is 0 Å². The van der Waals surface area contributed by atoms with Crippen molar-refractivity contribution >= 4 is 23.2 Å². The van der Waals surface area contributed by atoms with Crippen LogP contribution in [0.25, 0.3) is 0 Å². The number of rotatable bonds is 3.